The van der Waals surface area contributed by atoms with Crippen LogP contribution in [0.5, 0.6) is 11.6 Å². The van der Waals surface area contributed by atoms with Crippen LogP contribution in [0, 0.1) is 24.5 Å². The zero-order chi connectivity index (χ0) is 29.4. The molecule has 1 aliphatic heterocycles. The van der Waals surface area contributed by atoms with E-state index in [1.807, 2.05) is 30.3 Å². The summed E-state index contributed by atoms with van der Waals surface area (Å²) in [6.45, 7) is 5.65. The van der Waals surface area contributed by atoms with E-state index in [4.69, 9.17) is 14.2 Å². The molecule has 11 heteroatoms. The van der Waals surface area contributed by atoms with Crippen molar-refractivity contribution in [1.29, 1.82) is 0 Å². The largest absolute Gasteiger partial charge is 0.493 e. The second-order valence-electron chi connectivity index (χ2n) is 10.0. The summed E-state index contributed by atoms with van der Waals surface area (Å²) in [7, 11) is 1.11. The number of nitrogens with zero attached hydrogens (tertiary/aromatic N) is 2. The summed E-state index contributed by atoms with van der Waals surface area (Å²) in [5.41, 5.74) is -1.30. The molecule has 2 aromatic carbocycles. The predicted molar refractivity (Wildman–Crippen MR) is 136 cm³/mol. The minimum atomic E-state index is -4.81. The molecule has 0 radical (unpaired) electrons. The number of benzene rings is 2. The minimum absolute atomic E-state index is 0.00595. The molecule has 5 atom stereocenters. The van der Waals surface area contributed by atoms with Gasteiger partial charge in [0.1, 0.15) is 12.7 Å². The lowest BCUT2D eigenvalue weighted by molar-refractivity contribution is -0.275. The Kier molecular flexibility index (Phi) is 8.37. The number of aromatic nitrogens is 2. The summed E-state index contributed by atoms with van der Waals surface area (Å²) in [6, 6.07) is 11.2. The van der Waals surface area contributed by atoms with Crippen molar-refractivity contribution < 1.29 is 41.3 Å². The van der Waals surface area contributed by atoms with E-state index in [2.05, 4.69) is 9.97 Å². The molecule has 216 valence electrons. The molecule has 0 aliphatic carbocycles. The maximum Gasteiger partial charge on any atom is 0.417 e. The van der Waals surface area contributed by atoms with E-state index in [0.717, 1.165) is 25.7 Å². The van der Waals surface area contributed by atoms with E-state index in [0.29, 0.717) is 12.0 Å². The second kappa shape index (κ2) is 11.3. The van der Waals surface area contributed by atoms with Crippen LogP contribution in [-0.4, -0.2) is 34.0 Å². The lowest BCUT2D eigenvalue weighted by Gasteiger charge is -2.32. The fraction of sp³-hybridized carbons (Fsp3) is 0.448. The van der Waals surface area contributed by atoms with Crippen molar-refractivity contribution in [1.82, 2.24) is 9.97 Å². The molecular weight excluding hydrogens is 535 g/mol. The van der Waals surface area contributed by atoms with Crippen LogP contribution in [-0.2, 0) is 11.3 Å². The van der Waals surface area contributed by atoms with Crippen LogP contribution in [0.1, 0.15) is 73.5 Å². The van der Waals surface area contributed by atoms with Gasteiger partial charge in [-0.3, -0.25) is 0 Å². The highest BCUT2D eigenvalue weighted by molar-refractivity contribution is 5.42. The number of ether oxygens (including phenoxy) is 3. The summed E-state index contributed by atoms with van der Waals surface area (Å²) in [6.07, 6.45) is -6.94. The van der Waals surface area contributed by atoms with Crippen LogP contribution < -0.4 is 9.47 Å². The third-order valence-corrected chi connectivity index (χ3v) is 7.62. The summed E-state index contributed by atoms with van der Waals surface area (Å²) in [4.78, 5) is 8.90. The molecule has 2 heterocycles. The summed E-state index contributed by atoms with van der Waals surface area (Å²) in [5, 5.41) is 10.7. The van der Waals surface area contributed by atoms with E-state index in [1.165, 1.54) is 13.0 Å². The molecule has 3 aromatic rings. The monoisotopic (exact) mass is 566 g/mol. The summed E-state index contributed by atoms with van der Waals surface area (Å²) < 4.78 is 88.7. The number of aryl methyl sites for hydroxylation is 1. The SMILES string of the molecule is CCC(O)c1c(C)nc([C@@H]2O[C@@](C)(C(F)(F)F)[C@@H](C)[C@H]2c2ccc(F)c(F)c2OC)nc1OCc1ccccc1. The predicted octanol–water partition coefficient (Wildman–Crippen LogP) is 6.91. The first-order valence-electron chi connectivity index (χ1n) is 12.8. The van der Waals surface area contributed by atoms with Gasteiger partial charge < -0.3 is 19.3 Å². The molecular formula is C29H31F5N2O4. The Morgan fingerprint density at radius 1 is 1.10 bits per heavy atom. The Labute approximate surface area is 229 Å². The van der Waals surface area contributed by atoms with Gasteiger partial charge in [-0.1, -0.05) is 50.2 Å². The molecule has 0 bridgehead atoms. The van der Waals surface area contributed by atoms with Gasteiger partial charge in [-0.25, -0.2) is 9.37 Å². The standard InChI is InChI=1S/C29H31F5N2O4/c1-6-20(37)22-16(3)35-26(36-27(22)39-14-17-10-8-7-9-11-17)25-21(15(2)28(4,40-25)29(32,33)34)18-12-13-19(30)23(31)24(18)38-5/h7-13,15,20-21,25,37H,6,14H2,1-5H3/t15-,20?,21-,25+,28+/m0/s1. The van der Waals surface area contributed by atoms with E-state index in [1.54, 1.807) is 13.8 Å². The number of aliphatic hydroxyl groups is 1. The Hall–Kier alpha value is -3.31. The van der Waals surface area contributed by atoms with Crippen LogP contribution in [0.3, 0.4) is 0 Å². The van der Waals surface area contributed by atoms with Crippen molar-refractivity contribution in [2.45, 2.75) is 70.6 Å². The zero-order valence-electron chi connectivity index (χ0n) is 22.7. The maximum absolute atomic E-state index is 14.7. The van der Waals surface area contributed by atoms with E-state index in [-0.39, 0.29) is 29.6 Å². The Morgan fingerprint density at radius 2 is 1.77 bits per heavy atom. The Balaban J connectivity index is 1.88. The molecule has 1 aliphatic rings. The van der Waals surface area contributed by atoms with Crippen molar-refractivity contribution in [3.05, 3.63) is 82.3 Å². The molecule has 4 rings (SSSR count). The molecule has 1 fully saturated rings. The van der Waals surface area contributed by atoms with Gasteiger partial charge in [-0.2, -0.15) is 22.5 Å². The Morgan fingerprint density at radius 3 is 2.38 bits per heavy atom. The number of alkyl halides is 3. The number of hydrogen-bond donors (Lipinski definition) is 1. The first-order valence-corrected chi connectivity index (χ1v) is 12.8. The van der Waals surface area contributed by atoms with Gasteiger partial charge in [-0.05, 0) is 31.9 Å². The van der Waals surface area contributed by atoms with E-state index < -0.39 is 53.2 Å². The van der Waals surface area contributed by atoms with Crippen LogP contribution >= 0.6 is 0 Å². The molecule has 1 saturated heterocycles. The number of aliphatic hydroxyl groups excluding tert-OH is 1. The maximum atomic E-state index is 14.7. The van der Waals surface area contributed by atoms with Gasteiger partial charge in [-0.15, -0.1) is 0 Å². The van der Waals surface area contributed by atoms with Gasteiger partial charge in [0.25, 0.3) is 0 Å². The minimum Gasteiger partial charge on any atom is -0.493 e. The van der Waals surface area contributed by atoms with Crippen molar-refractivity contribution in [3.63, 3.8) is 0 Å². The van der Waals surface area contributed by atoms with Gasteiger partial charge in [0.05, 0.1) is 24.5 Å². The molecule has 0 amide bonds. The molecule has 1 aromatic heterocycles. The first kappa shape index (κ1) is 29.7. The lowest BCUT2D eigenvalue weighted by Crippen LogP contribution is -2.46. The molecule has 6 nitrogen and oxygen atoms in total. The zero-order valence-corrected chi connectivity index (χ0v) is 22.7. The van der Waals surface area contributed by atoms with E-state index in [9.17, 15) is 27.1 Å². The number of methoxy groups -OCH3 is 1. The van der Waals surface area contributed by atoms with Gasteiger partial charge in [0.2, 0.25) is 11.7 Å². The fourth-order valence-corrected chi connectivity index (χ4v) is 5.16. The van der Waals surface area contributed by atoms with E-state index >= 15 is 0 Å². The first-order chi connectivity index (χ1) is 18.8. The average Bonchev–Trinajstić information content (AvgIpc) is 3.20. The summed E-state index contributed by atoms with van der Waals surface area (Å²) >= 11 is 0. The highest BCUT2D eigenvalue weighted by atomic mass is 19.4. The highest BCUT2D eigenvalue weighted by Gasteiger charge is 2.65. The van der Waals surface area contributed by atoms with Crippen LogP contribution in [0.15, 0.2) is 42.5 Å². The quantitative estimate of drug-likeness (QED) is 0.299. The molecule has 1 N–H and O–H groups in total. The number of rotatable bonds is 8. The smallest absolute Gasteiger partial charge is 0.417 e. The Bertz CT molecular complexity index is 1350. The number of halogens is 5. The topological polar surface area (TPSA) is 73.7 Å². The average molecular weight is 567 g/mol. The fourth-order valence-electron chi connectivity index (χ4n) is 5.16. The van der Waals surface area contributed by atoms with Gasteiger partial charge in [0, 0.05) is 17.4 Å². The summed E-state index contributed by atoms with van der Waals surface area (Å²) in [5.74, 6) is -5.67. The van der Waals surface area contributed by atoms with Gasteiger partial charge in [0.15, 0.2) is 23.0 Å². The molecule has 1 unspecified atom stereocenters. The van der Waals surface area contributed by atoms with Crippen LogP contribution in [0.4, 0.5) is 22.0 Å². The van der Waals surface area contributed by atoms with Crippen molar-refractivity contribution in [2.75, 3.05) is 7.11 Å². The molecule has 0 saturated carbocycles. The van der Waals surface area contributed by atoms with Crippen molar-refractivity contribution in [2.24, 2.45) is 5.92 Å². The molecule has 0 spiro atoms. The second-order valence-corrected chi connectivity index (χ2v) is 10.0. The molecule has 40 heavy (non-hydrogen) atoms. The third kappa shape index (κ3) is 5.24. The van der Waals surface area contributed by atoms with Gasteiger partial charge >= 0.3 is 6.18 Å². The van der Waals surface area contributed by atoms with Crippen molar-refractivity contribution >= 4 is 0 Å². The lowest BCUT2D eigenvalue weighted by atomic mass is 9.77. The highest BCUT2D eigenvalue weighted by Crippen LogP contribution is 2.59. The normalized spacial score (nSPS) is 23.7. The van der Waals surface area contributed by atoms with Crippen LogP contribution in [0.25, 0.3) is 0 Å². The van der Waals surface area contributed by atoms with Crippen LogP contribution in [0.2, 0.25) is 0 Å². The third-order valence-electron chi connectivity index (χ3n) is 7.62. The van der Waals surface area contributed by atoms with Crippen molar-refractivity contribution in [3.8, 4) is 11.6 Å². The number of hydrogen-bond acceptors (Lipinski definition) is 6.